The smallest absolute Gasteiger partial charge is 0.193 e. The summed E-state index contributed by atoms with van der Waals surface area (Å²) in [6, 6.07) is 10.4. The zero-order valence-corrected chi connectivity index (χ0v) is 22.1. The second-order valence-electron chi connectivity index (χ2n) is 11.8. The van der Waals surface area contributed by atoms with Crippen LogP contribution in [0.15, 0.2) is 35.9 Å². The van der Waals surface area contributed by atoms with E-state index in [0.29, 0.717) is 6.61 Å². The topological polar surface area (TPSA) is 46.2 Å². The fourth-order valence-electron chi connectivity index (χ4n) is 4.68. The van der Waals surface area contributed by atoms with Crippen LogP contribution in [-0.2, 0) is 23.4 Å². The van der Waals surface area contributed by atoms with Crippen LogP contribution in [0.1, 0.15) is 54.0 Å². The summed E-state index contributed by atoms with van der Waals surface area (Å²) >= 11 is 0. The van der Waals surface area contributed by atoms with Crippen LogP contribution >= 0.6 is 0 Å². The Hall–Kier alpha value is -1.02. The Bertz CT molecular complexity index is 855. The Morgan fingerprint density at radius 2 is 1.50 bits per heavy atom. The SMILES string of the molecule is CC1(C)OC[C@@H]2/C(=C\c3ccccc3)[C@@H](O[Si](C)(C)C(C)(C)C)[C@H]3OC(C)(C)O[C@H]3[C@@H]2O1. The molecule has 2 aliphatic heterocycles. The first kappa shape index (κ1) is 24.1. The molecule has 5 nitrogen and oxygen atoms in total. The lowest BCUT2D eigenvalue weighted by Gasteiger charge is -2.52. The number of hydrogen-bond acceptors (Lipinski definition) is 5. The largest absolute Gasteiger partial charge is 0.407 e. The third kappa shape index (κ3) is 4.63. The summed E-state index contributed by atoms with van der Waals surface area (Å²) in [6.45, 7) is 19.9. The molecule has 32 heavy (non-hydrogen) atoms. The van der Waals surface area contributed by atoms with Gasteiger partial charge in [-0.25, -0.2) is 0 Å². The summed E-state index contributed by atoms with van der Waals surface area (Å²) in [5.74, 6) is -1.31. The molecule has 178 valence electrons. The first-order chi connectivity index (χ1) is 14.7. The van der Waals surface area contributed by atoms with Crippen LogP contribution in [0, 0.1) is 5.92 Å². The normalized spacial score (nSPS) is 35.4. The van der Waals surface area contributed by atoms with Crippen molar-refractivity contribution >= 4 is 14.4 Å². The van der Waals surface area contributed by atoms with Crippen molar-refractivity contribution < 1.29 is 23.4 Å². The lowest BCUT2D eigenvalue weighted by Crippen LogP contribution is -2.63. The molecule has 0 unspecified atom stereocenters. The molecule has 1 aliphatic carbocycles. The fraction of sp³-hybridized carbons (Fsp3) is 0.692. The van der Waals surface area contributed by atoms with Gasteiger partial charge in [0.25, 0.3) is 0 Å². The molecule has 1 aromatic rings. The summed E-state index contributed by atoms with van der Waals surface area (Å²) in [5.41, 5.74) is 2.33. The molecular formula is C26H40O5Si. The maximum absolute atomic E-state index is 7.09. The Balaban J connectivity index is 1.82. The van der Waals surface area contributed by atoms with Gasteiger partial charge in [0.1, 0.15) is 12.2 Å². The molecule has 5 atom stereocenters. The monoisotopic (exact) mass is 460 g/mol. The van der Waals surface area contributed by atoms with E-state index in [1.807, 2.05) is 33.8 Å². The quantitative estimate of drug-likeness (QED) is 0.537. The number of ether oxygens (including phenoxy) is 4. The van der Waals surface area contributed by atoms with E-state index in [9.17, 15) is 0 Å². The van der Waals surface area contributed by atoms with Crippen molar-refractivity contribution in [3.8, 4) is 0 Å². The first-order valence-corrected chi connectivity index (χ1v) is 14.7. The third-order valence-corrected chi connectivity index (χ3v) is 11.8. The molecule has 3 aliphatic rings. The molecule has 2 heterocycles. The maximum atomic E-state index is 7.09. The predicted molar refractivity (Wildman–Crippen MR) is 129 cm³/mol. The average Bonchev–Trinajstić information content (AvgIpc) is 2.99. The zero-order valence-electron chi connectivity index (χ0n) is 21.1. The number of fused-ring (bicyclic) bond motifs is 3. The van der Waals surface area contributed by atoms with Crippen LogP contribution in [0.2, 0.25) is 18.1 Å². The zero-order chi connectivity index (χ0) is 23.5. The van der Waals surface area contributed by atoms with Gasteiger partial charge in [-0.2, -0.15) is 0 Å². The minimum atomic E-state index is -2.10. The van der Waals surface area contributed by atoms with Crippen LogP contribution in [-0.4, -0.2) is 50.9 Å². The number of rotatable bonds is 3. The van der Waals surface area contributed by atoms with Crippen LogP contribution in [0.4, 0.5) is 0 Å². The lowest BCUT2D eigenvalue weighted by atomic mass is 9.75. The van der Waals surface area contributed by atoms with Crippen molar-refractivity contribution in [2.24, 2.45) is 5.92 Å². The molecule has 0 spiro atoms. The molecule has 0 radical (unpaired) electrons. The minimum absolute atomic E-state index is 0.0387. The second kappa shape index (κ2) is 8.03. The van der Waals surface area contributed by atoms with Crippen molar-refractivity contribution in [2.45, 2.75) is 103 Å². The van der Waals surface area contributed by atoms with Gasteiger partial charge in [0.05, 0.1) is 18.8 Å². The maximum Gasteiger partial charge on any atom is 0.193 e. The molecule has 0 bridgehead atoms. The van der Waals surface area contributed by atoms with Crippen LogP contribution in [0.3, 0.4) is 0 Å². The lowest BCUT2D eigenvalue weighted by molar-refractivity contribution is -0.313. The predicted octanol–water partition coefficient (Wildman–Crippen LogP) is 5.76. The molecule has 6 heteroatoms. The molecular weight excluding hydrogens is 420 g/mol. The Morgan fingerprint density at radius 3 is 2.12 bits per heavy atom. The van der Waals surface area contributed by atoms with Gasteiger partial charge in [0.15, 0.2) is 19.9 Å². The van der Waals surface area contributed by atoms with E-state index >= 15 is 0 Å². The van der Waals surface area contributed by atoms with E-state index in [-0.39, 0.29) is 35.4 Å². The molecule has 1 aromatic carbocycles. The van der Waals surface area contributed by atoms with Gasteiger partial charge in [-0.1, -0.05) is 57.2 Å². The van der Waals surface area contributed by atoms with E-state index in [0.717, 1.165) is 5.56 Å². The summed E-state index contributed by atoms with van der Waals surface area (Å²) in [7, 11) is -2.10. The average molecular weight is 461 g/mol. The van der Waals surface area contributed by atoms with Gasteiger partial charge in [0, 0.05) is 5.92 Å². The van der Waals surface area contributed by atoms with E-state index < -0.39 is 19.9 Å². The molecule has 2 saturated heterocycles. The summed E-state index contributed by atoms with van der Waals surface area (Å²) < 4.78 is 32.7. The van der Waals surface area contributed by atoms with Crippen molar-refractivity contribution in [2.75, 3.05) is 6.61 Å². The standard InChI is InChI=1S/C26H40O5Si/c1-24(2,3)32(8,9)31-21-18(15-17-13-11-10-12-14-17)19-16-27-25(4,5)28-20(19)22-23(21)30-26(6,7)29-22/h10-15,19-23H,16H2,1-9H3/b18-15+/t19-,20-,21-,22+,23-/m1/s1. The molecule has 1 saturated carbocycles. The van der Waals surface area contributed by atoms with Crippen LogP contribution in [0.5, 0.6) is 0 Å². The Morgan fingerprint density at radius 1 is 0.906 bits per heavy atom. The van der Waals surface area contributed by atoms with Crippen LogP contribution in [0.25, 0.3) is 6.08 Å². The minimum Gasteiger partial charge on any atom is -0.407 e. The van der Waals surface area contributed by atoms with Gasteiger partial charge >= 0.3 is 0 Å². The highest BCUT2D eigenvalue weighted by Gasteiger charge is 2.60. The van der Waals surface area contributed by atoms with Gasteiger partial charge in [0.2, 0.25) is 0 Å². The van der Waals surface area contributed by atoms with Gasteiger partial charge < -0.3 is 23.4 Å². The molecule has 0 aromatic heterocycles. The first-order valence-electron chi connectivity index (χ1n) is 11.8. The van der Waals surface area contributed by atoms with Crippen molar-refractivity contribution in [1.82, 2.24) is 0 Å². The summed E-state index contributed by atoms with van der Waals surface area (Å²) in [4.78, 5) is 0. The highest BCUT2D eigenvalue weighted by molar-refractivity contribution is 6.74. The highest BCUT2D eigenvalue weighted by atomic mass is 28.4. The number of benzene rings is 1. The van der Waals surface area contributed by atoms with Crippen molar-refractivity contribution in [3.63, 3.8) is 0 Å². The summed E-state index contributed by atoms with van der Waals surface area (Å²) in [6.07, 6.45) is 1.45. The second-order valence-corrected chi connectivity index (χ2v) is 16.6. The Kier molecular flexibility index (Phi) is 6.05. The van der Waals surface area contributed by atoms with Gasteiger partial charge in [-0.05, 0) is 57.0 Å². The van der Waals surface area contributed by atoms with Gasteiger partial charge in [-0.3, -0.25) is 0 Å². The van der Waals surface area contributed by atoms with E-state index in [1.54, 1.807) is 0 Å². The Labute approximate surface area is 194 Å². The van der Waals surface area contributed by atoms with Gasteiger partial charge in [-0.15, -0.1) is 0 Å². The fourth-order valence-corrected chi connectivity index (χ4v) is 5.94. The number of hydrogen-bond donors (Lipinski definition) is 0. The van der Waals surface area contributed by atoms with E-state index in [4.69, 9.17) is 23.4 Å². The summed E-state index contributed by atoms with van der Waals surface area (Å²) in [5, 5.41) is 0.0771. The third-order valence-electron chi connectivity index (χ3n) is 7.33. The molecule has 4 rings (SSSR count). The van der Waals surface area contributed by atoms with Crippen molar-refractivity contribution in [1.29, 1.82) is 0 Å². The van der Waals surface area contributed by atoms with Crippen LogP contribution < -0.4 is 0 Å². The van der Waals surface area contributed by atoms with Crippen molar-refractivity contribution in [3.05, 3.63) is 41.5 Å². The molecule has 0 amide bonds. The molecule has 3 fully saturated rings. The molecule has 0 N–H and O–H groups in total. The van der Waals surface area contributed by atoms with E-state index in [2.05, 4.69) is 64.2 Å². The van der Waals surface area contributed by atoms with E-state index in [1.165, 1.54) is 5.57 Å². The highest BCUT2D eigenvalue weighted by Crippen LogP contribution is 2.50.